The van der Waals surface area contributed by atoms with Crippen LogP contribution in [0.4, 0.5) is 5.69 Å². The number of benzene rings is 2. The van der Waals surface area contributed by atoms with Gasteiger partial charge in [-0.3, -0.25) is 4.79 Å². The molecule has 0 fully saturated rings. The van der Waals surface area contributed by atoms with Gasteiger partial charge in [-0.25, -0.2) is 4.79 Å². The number of nitrogens with one attached hydrogen (secondary N) is 1. The SMILES string of the molecule is COC(=O)c1ccccc1-c1ccc(/C=C(\C#N)C(=O)Nc2ccc(C)cc2C)o1. The number of nitrogens with zero attached hydrogens (tertiary/aromatic N) is 1. The van der Waals surface area contributed by atoms with Crippen molar-refractivity contribution in [3.8, 4) is 17.4 Å². The lowest BCUT2D eigenvalue weighted by atomic mass is 10.1. The van der Waals surface area contributed by atoms with E-state index in [-0.39, 0.29) is 5.57 Å². The Balaban J connectivity index is 1.86. The molecule has 3 rings (SSSR count). The van der Waals surface area contributed by atoms with E-state index in [2.05, 4.69) is 5.32 Å². The summed E-state index contributed by atoms with van der Waals surface area (Å²) >= 11 is 0. The highest BCUT2D eigenvalue weighted by molar-refractivity contribution is 6.09. The molecule has 2 aromatic carbocycles. The Morgan fingerprint density at radius 1 is 1.10 bits per heavy atom. The molecule has 0 atom stereocenters. The number of ether oxygens (including phenoxy) is 1. The minimum atomic E-state index is -0.530. The molecule has 1 aromatic heterocycles. The van der Waals surface area contributed by atoms with E-state index in [1.165, 1.54) is 13.2 Å². The second kappa shape index (κ2) is 8.93. The number of methoxy groups -OCH3 is 1. The van der Waals surface area contributed by atoms with Crippen LogP contribution in [0.5, 0.6) is 0 Å². The molecular formula is C24H20N2O4. The number of esters is 1. The van der Waals surface area contributed by atoms with Crippen LogP contribution in [0.1, 0.15) is 27.2 Å². The summed E-state index contributed by atoms with van der Waals surface area (Å²) in [6.45, 7) is 3.85. The fraction of sp³-hybridized carbons (Fsp3) is 0.125. The van der Waals surface area contributed by atoms with E-state index >= 15 is 0 Å². The number of furan rings is 1. The summed E-state index contributed by atoms with van der Waals surface area (Å²) in [4.78, 5) is 24.5. The summed E-state index contributed by atoms with van der Waals surface area (Å²) in [6, 6.07) is 17.7. The van der Waals surface area contributed by atoms with E-state index in [9.17, 15) is 14.9 Å². The van der Waals surface area contributed by atoms with E-state index in [0.717, 1.165) is 11.1 Å². The van der Waals surface area contributed by atoms with Gasteiger partial charge < -0.3 is 14.5 Å². The van der Waals surface area contributed by atoms with Gasteiger partial charge in [-0.1, -0.05) is 35.9 Å². The maximum absolute atomic E-state index is 12.5. The van der Waals surface area contributed by atoms with Crippen LogP contribution in [0.25, 0.3) is 17.4 Å². The molecule has 0 aliphatic rings. The zero-order chi connectivity index (χ0) is 21.7. The van der Waals surface area contributed by atoms with Gasteiger partial charge in [0.2, 0.25) is 0 Å². The van der Waals surface area contributed by atoms with E-state index in [4.69, 9.17) is 9.15 Å². The zero-order valence-corrected chi connectivity index (χ0v) is 16.9. The monoisotopic (exact) mass is 400 g/mol. The number of aryl methyl sites for hydroxylation is 2. The second-order valence-electron chi connectivity index (χ2n) is 6.68. The van der Waals surface area contributed by atoms with Crippen LogP contribution in [0.2, 0.25) is 0 Å². The molecule has 3 aromatic rings. The molecular weight excluding hydrogens is 380 g/mol. The predicted molar refractivity (Wildman–Crippen MR) is 114 cm³/mol. The third kappa shape index (κ3) is 4.47. The molecule has 0 bridgehead atoms. The van der Waals surface area contributed by atoms with Gasteiger partial charge >= 0.3 is 5.97 Å². The number of hydrogen-bond acceptors (Lipinski definition) is 5. The number of amides is 1. The first-order chi connectivity index (χ1) is 14.4. The van der Waals surface area contributed by atoms with Gasteiger partial charge in [-0.05, 0) is 43.7 Å². The Hall–Kier alpha value is -4.11. The Bertz CT molecular complexity index is 1180. The minimum absolute atomic E-state index is 0.0999. The molecule has 1 amide bonds. The van der Waals surface area contributed by atoms with Gasteiger partial charge in [0.15, 0.2) is 0 Å². The quantitative estimate of drug-likeness (QED) is 0.374. The highest BCUT2D eigenvalue weighted by Gasteiger charge is 2.16. The Kier molecular flexibility index (Phi) is 6.14. The normalized spacial score (nSPS) is 10.9. The number of nitriles is 1. The van der Waals surface area contributed by atoms with Crippen LogP contribution < -0.4 is 5.32 Å². The Labute approximate surface area is 174 Å². The van der Waals surface area contributed by atoms with Gasteiger partial charge in [0.05, 0.1) is 12.7 Å². The average Bonchev–Trinajstić information content (AvgIpc) is 3.21. The summed E-state index contributed by atoms with van der Waals surface area (Å²) in [7, 11) is 1.31. The van der Waals surface area contributed by atoms with Gasteiger partial charge in [0.25, 0.3) is 5.91 Å². The standard InChI is InChI=1S/C24H20N2O4/c1-15-8-10-21(16(2)12-15)26-23(27)17(14-25)13-18-9-11-22(30-18)19-6-4-5-7-20(19)24(28)29-3/h4-13H,1-3H3,(H,26,27)/b17-13+. The van der Waals surface area contributed by atoms with Crippen molar-refractivity contribution in [2.45, 2.75) is 13.8 Å². The fourth-order valence-corrected chi connectivity index (χ4v) is 3.00. The topological polar surface area (TPSA) is 92.3 Å². The summed E-state index contributed by atoms with van der Waals surface area (Å²) in [5, 5.41) is 12.2. The first-order valence-electron chi connectivity index (χ1n) is 9.21. The van der Waals surface area contributed by atoms with Crippen molar-refractivity contribution in [2.24, 2.45) is 0 Å². The maximum atomic E-state index is 12.5. The summed E-state index contributed by atoms with van der Waals surface area (Å²) in [5.74, 6) is -0.270. The number of rotatable bonds is 5. The maximum Gasteiger partial charge on any atom is 0.338 e. The van der Waals surface area contributed by atoms with Crippen molar-refractivity contribution in [1.29, 1.82) is 5.26 Å². The number of carbonyl (C=O) groups is 2. The van der Waals surface area contributed by atoms with Crippen molar-refractivity contribution in [3.05, 3.63) is 82.6 Å². The van der Waals surface area contributed by atoms with Crippen molar-refractivity contribution in [2.75, 3.05) is 12.4 Å². The second-order valence-corrected chi connectivity index (χ2v) is 6.68. The molecule has 0 unspecified atom stereocenters. The van der Waals surface area contributed by atoms with Gasteiger partial charge in [-0.15, -0.1) is 0 Å². The third-order valence-electron chi connectivity index (χ3n) is 4.51. The largest absolute Gasteiger partial charge is 0.465 e. The molecule has 150 valence electrons. The van der Waals surface area contributed by atoms with Crippen molar-refractivity contribution >= 4 is 23.6 Å². The molecule has 30 heavy (non-hydrogen) atoms. The van der Waals surface area contributed by atoms with Gasteiger partial charge in [-0.2, -0.15) is 5.26 Å². The Morgan fingerprint density at radius 3 is 2.57 bits per heavy atom. The molecule has 0 radical (unpaired) electrons. The van der Waals surface area contributed by atoms with Crippen molar-refractivity contribution < 1.29 is 18.7 Å². The first-order valence-corrected chi connectivity index (χ1v) is 9.21. The van der Waals surface area contributed by atoms with Gasteiger partial charge in [0.1, 0.15) is 23.2 Å². The zero-order valence-electron chi connectivity index (χ0n) is 16.9. The summed E-state index contributed by atoms with van der Waals surface area (Å²) in [5.41, 5.74) is 3.44. The van der Waals surface area contributed by atoms with Crippen LogP contribution in [0.3, 0.4) is 0 Å². The molecule has 0 aliphatic carbocycles. The summed E-state index contributed by atoms with van der Waals surface area (Å²) < 4.78 is 10.6. The number of carbonyl (C=O) groups excluding carboxylic acids is 2. The predicted octanol–water partition coefficient (Wildman–Crippen LogP) is 4.90. The lowest BCUT2D eigenvalue weighted by molar-refractivity contribution is -0.112. The molecule has 0 saturated heterocycles. The highest BCUT2D eigenvalue weighted by atomic mass is 16.5. The molecule has 6 nitrogen and oxygen atoms in total. The van der Waals surface area contributed by atoms with Crippen LogP contribution in [0.15, 0.2) is 64.6 Å². The summed E-state index contributed by atoms with van der Waals surface area (Å²) in [6.07, 6.45) is 1.36. The highest BCUT2D eigenvalue weighted by Crippen LogP contribution is 2.27. The van der Waals surface area contributed by atoms with Crippen LogP contribution in [-0.2, 0) is 9.53 Å². The van der Waals surface area contributed by atoms with E-state index < -0.39 is 11.9 Å². The number of anilines is 1. The van der Waals surface area contributed by atoms with Crippen molar-refractivity contribution in [1.82, 2.24) is 0 Å². The lowest BCUT2D eigenvalue weighted by Crippen LogP contribution is -2.14. The number of hydrogen-bond donors (Lipinski definition) is 1. The molecule has 0 spiro atoms. The average molecular weight is 400 g/mol. The van der Waals surface area contributed by atoms with E-state index in [1.807, 2.05) is 32.0 Å². The molecule has 6 heteroatoms. The third-order valence-corrected chi connectivity index (χ3v) is 4.51. The van der Waals surface area contributed by atoms with Gasteiger partial charge in [0, 0.05) is 17.3 Å². The Morgan fingerprint density at radius 2 is 1.87 bits per heavy atom. The molecule has 0 saturated carbocycles. The van der Waals surface area contributed by atoms with E-state index in [0.29, 0.717) is 28.3 Å². The van der Waals surface area contributed by atoms with E-state index in [1.54, 1.807) is 42.5 Å². The smallest absolute Gasteiger partial charge is 0.338 e. The lowest BCUT2D eigenvalue weighted by Gasteiger charge is -2.08. The van der Waals surface area contributed by atoms with Crippen molar-refractivity contribution in [3.63, 3.8) is 0 Å². The molecule has 0 aliphatic heterocycles. The minimum Gasteiger partial charge on any atom is -0.465 e. The van der Waals surface area contributed by atoms with Crippen LogP contribution in [0, 0.1) is 25.2 Å². The molecule has 1 heterocycles. The van der Waals surface area contributed by atoms with Crippen LogP contribution in [-0.4, -0.2) is 19.0 Å². The van der Waals surface area contributed by atoms with Crippen LogP contribution >= 0.6 is 0 Å². The fourth-order valence-electron chi connectivity index (χ4n) is 3.00. The molecule has 1 N–H and O–H groups in total. The first kappa shape index (κ1) is 20.6.